The molecule has 0 saturated heterocycles. The maximum Gasteiger partial charge on any atom is 0.309 e. The topological polar surface area (TPSA) is 98.0 Å². The molecule has 5 aliphatic carbocycles. The first-order chi connectivity index (χ1) is 16.0. The minimum atomic E-state index is -1.18. The van der Waals surface area contributed by atoms with Gasteiger partial charge in [-0.3, -0.25) is 4.79 Å². The van der Waals surface area contributed by atoms with Crippen molar-refractivity contribution < 1.29 is 25.2 Å². The first-order valence-electron chi connectivity index (χ1n) is 14.0. The molecule has 0 spiro atoms. The molecule has 0 aliphatic heterocycles. The minimum Gasteiger partial charge on any atom is -0.481 e. The van der Waals surface area contributed by atoms with E-state index < -0.39 is 35.1 Å². The second-order valence-corrected chi connectivity index (χ2v) is 14.8. The van der Waals surface area contributed by atoms with Crippen molar-refractivity contribution in [3.63, 3.8) is 0 Å². The molecule has 0 bridgehead atoms. The fourth-order valence-electron chi connectivity index (χ4n) is 11.2. The number of allylic oxidation sites excluding steroid dienone is 2. The van der Waals surface area contributed by atoms with Crippen molar-refractivity contribution in [2.75, 3.05) is 0 Å². The van der Waals surface area contributed by atoms with Gasteiger partial charge < -0.3 is 20.4 Å². The molecule has 35 heavy (non-hydrogen) atoms. The average molecular weight is 489 g/mol. The van der Waals surface area contributed by atoms with Crippen LogP contribution >= 0.6 is 0 Å². The number of carboxylic acids is 1. The number of aliphatic hydroxyl groups is 3. The average Bonchev–Trinajstić information content (AvgIpc) is 3.04. The lowest BCUT2D eigenvalue weighted by Gasteiger charge is -2.71. The Labute approximate surface area is 211 Å². The van der Waals surface area contributed by atoms with Gasteiger partial charge in [-0.2, -0.15) is 0 Å². The van der Waals surface area contributed by atoms with Crippen LogP contribution < -0.4 is 0 Å². The molecule has 0 aromatic rings. The number of fused-ring (bicyclic) bond motifs is 7. The molecule has 198 valence electrons. The Hall–Kier alpha value is -0.910. The van der Waals surface area contributed by atoms with E-state index in [-0.39, 0.29) is 27.6 Å². The predicted molar refractivity (Wildman–Crippen MR) is 135 cm³/mol. The van der Waals surface area contributed by atoms with E-state index in [2.05, 4.69) is 47.6 Å². The number of aliphatic hydroxyl groups excluding tert-OH is 2. The Bertz CT molecular complexity index is 956. The van der Waals surface area contributed by atoms with E-state index in [1.54, 1.807) is 6.92 Å². The van der Waals surface area contributed by atoms with E-state index in [0.29, 0.717) is 24.7 Å². The molecular weight excluding hydrogens is 440 g/mol. The van der Waals surface area contributed by atoms with Gasteiger partial charge in [0.2, 0.25) is 0 Å². The first-order valence-corrected chi connectivity index (χ1v) is 14.0. The lowest BCUT2D eigenvalue weighted by molar-refractivity contribution is -0.232. The van der Waals surface area contributed by atoms with E-state index in [0.717, 1.165) is 38.5 Å². The Morgan fingerprint density at radius 1 is 0.943 bits per heavy atom. The molecule has 11 atom stereocenters. The second-order valence-electron chi connectivity index (χ2n) is 14.8. The van der Waals surface area contributed by atoms with Crippen molar-refractivity contribution in [1.82, 2.24) is 0 Å². The van der Waals surface area contributed by atoms with Crippen LogP contribution in [-0.2, 0) is 4.79 Å². The van der Waals surface area contributed by atoms with Crippen molar-refractivity contribution in [3.8, 4) is 0 Å². The van der Waals surface area contributed by atoms with Crippen LogP contribution in [0.4, 0.5) is 0 Å². The zero-order chi connectivity index (χ0) is 26.0. The summed E-state index contributed by atoms with van der Waals surface area (Å²) in [6, 6.07) is 0. The second kappa shape index (κ2) is 7.35. The summed E-state index contributed by atoms with van der Waals surface area (Å²) in [6.07, 6.45) is 8.09. The third-order valence-corrected chi connectivity index (χ3v) is 13.6. The molecule has 0 amide bonds. The third-order valence-electron chi connectivity index (χ3n) is 13.6. The van der Waals surface area contributed by atoms with Gasteiger partial charge in [-0.15, -0.1) is 0 Å². The number of rotatable bonds is 2. The van der Waals surface area contributed by atoms with Crippen molar-refractivity contribution in [2.45, 2.75) is 118 Å². The molecular formula is C30H48O5. The highest BCUT2D eigenvalue weighted by Gasteiger charge is 2.71. The Morgan fingerprint density at radius 2 is 1.60 bits per heavy atom. The summed E-state index contributed by atoms with van der Waals surface area (Å²) in [5.41, 5.74) is -0.434. The molecule has 5 rings (SSSR count). The van der Waals surface area contributed by atoms with E-state index in [4.69, 9.17) is 0 Å². The van der Waals surface area contributed by atoms with E-state index >= 15 is 0 Å². The highest BCUT2D eigenvalue weighted by Crippen LogP contribution is 2.76. The Morgan fingerprint density at radius 3 is 2.23 bits per heavy atom. The van der Waals surface area contributed by atoms with Gasteiger partial charge >= 0.3 is 5.97 Å². The molecule has 5 aliphatic rings. The monoisotopic (exact) mass is 488 g/mol. The van der Waals surface area contributed by atoms with Crippen LogP contribution in [-0.4, -0.2) is 44.2 Å². The lowest BCUT2D eigenvalue weighted by atomic mass is 9.34. The molecule has 0 radical (unpaired) electrons. The molecule has 4 fully saturated rings. The van der Waals surface area contributed by atoms with E-state index in [1.165, 1.54) is 5.57 Å². The van der Waals surface area contributed by atoms with Crippen LogP contribution in [0.25, 0.3) is 0 Å². The quantitative estimate of drug-likeness (QED) is 0.402. The summed E-state index contributed by atoms with van der Waals surface area (Å²) in [5.74, 6) is -0.676. The molecule has 0 heterocycles. The van der Waals surface area contributed by atoms with Gasteiger partial charge in [-0.25, -0.2) is 0 Å². The Balaban J connectivity index is 1.56. The number of carboxylic acid groups (broad SMARTS) is 1. The van der Waals surface area contributed by atoms with Gasteiger partial charge in [0, 0.05) is 5.41 Å². The van der Waals surface area contributed by atoms with Crippen LogP contribution in [0.1, 0.15) is 99.8 Å². The summed E-state index contributed by atoms with van der Waals surface area (Å²) < 4.78 is 0. The van der Waals surface area contributed by atoms with Crippen molar-refractivity contribution in [1.29, 1.82) is 0 Å². The summed E-state index contributed by atoms with van der Waals surface area (Å²) in [4.78, 5) is 12.0. The van der Waals surface area contributed by atoms with Gasteiger partial charge in [0.05, 0.1) is 23.7 Å². The van der Waals surface area contributed by atoms with Crippen LogP contribution in [0.15, 0.2) is 11.6 Å². The van der Waals surface area contributed by atoms with E-state index in [9.17, 15) is 25.2 Å². The summed E-state index contributed by atoms with van der Waals surface area (Å²) in [6.45, 7) is 15.4. The molecule has 5 nitrogen and oxygen atoms in total. The first kappa shape index (κ1) is 25.7. The molecule has 4 N–H and O–H groups in total. The number of carbonyl (C=O) groups is 1. The smallest absolute Gasteiger partial charge is 0.309 e. The normalized spacial score (nSPS) is 55.6. The Kier molecular flexibility index (Phi) is 5.40. The van der Waals surface area contributed by atoms with Crippen LogP contribution in [0.2, 0.25) is 0 Å². The molecule has 5 heteroatoms. The fourth-order valence-corrected chi connectivity index (χ4v) is 11.2. The lowest BCUT2D eigenvalue weighted by Crippen LogP contribution is -2.67. The van der Waals surface area contributed by atoms with Crippen molar-refractivity contribution >= 4 is 5.97 Å². The predicted octanol–water partition coefficient (Wildman–Crippen LogP) is 5.18. The summed E-state index contributed by atoms with van der Waals surface area (Å²) in [5, 5.41) is 43.5. The maximum atomic E-state index is 12.0. The van der Waals surface area contributed by atoms with Gasteiger partial charge in [0.25, 0.3) is 0 Å². The zero-order valence-electron chi connectivity index (χ0n) is 22.9. The highest BCUT2D eigenvalue weighted by molar-refractivity contribution is 5.71. The van der Waals surface area contributed by atoms with Crippen LogP contribution in [0.5, 0.6) is 0 Å². The maximum absolute atomic E-state index is 12.0. The van der Waals surface area contributed by atoms with Crippen LogP contribution in [0.3, 0.4) is 0 Å². The molecule has 0 unspecified atom stereocenters. The zero-order valence-corrected chi connectivity index (χ0v) is 22.9. The van der Waals surface area contributed by atoms with Gasteiger partial charge in [-0.05, 0) is 97.7 Å². The standard InChI is InChI=1S/C30H48O5/c1-17(24(33)34)30(35)13-10-19-18-8-9-22-26(4)16-20(31)23(32)25(2,3)21(26)11-12-29(22,7)27(18,5)14-15-28(19,30)6/h8,17,19-23,31-32,35H,9-16H2,1-7H3,(H,33,34)/t17-,19+,20-,21-,22+,23-,26-,27+,28+,29+,30+/m0/s1. The van der Waals surface area contributed by atoms with Gasteiger partial charge in [-0.1, -0.05) is 53.2 Å². The third kappa shape index (κ3) is 2.84. The van der Waals surface area contributed by atoms with Gasteiger partial charge in [0.15, 0.2) is 0 Å². The number of hydrogen-bond donors (Lipinski definition) is 4. The molecule has 0 aromatic heterocycles. The van der Waals surface area contributed by atoms with Crippen molar-refractivity contribution in [2.24, 2.45) is 50.7 Å². The van der Waals surface area contributed by atoms with Crippen LogP contribution in [0, 0.1) is 50.7 Å². The van der Waals surface area contributed by atoms with E-state index in [1.807, 2.05) is 0 Å². The van der Waals surface area contributed by atoms with Gasteiger partial charge in [0.1, 0.15) is 0 Å². The summed E-state index contributed by atoms with van der Waals surface area (Å²) in [7, 11) is 0. The molecule has 0 aromatic carbocycles. The fraction of sp³-hybridized carbons (Fsp3) is 0.900. The summed E-state index contributed by atoms with van der Waals surface area (Å²) >= 11 is 0. The SMILES string of the molecule is C[C@@H](C(=O)O)[C@]1(O)CC[C@@H]2C3=CC[C@@H]4[C@@]5(C)C[C@H](O)[C@H](O)C(C)(C)[C@@H]5CC[C@@]4(C)[C@]3(C)CC[C@]21C. The van der Waals surface area contributed by atoms with Crippen molar-refractivity contribution in [3.05, 3.63) is 11.6 Å². The number of aliphatic carboxylic acids is 1. The number of hydrogen-bond acceptors (Lipinski definition) is 4. The molecule has 4 saturated carbocycles. The highest BCUT2D eigenvalue weighted by atomic mass is 16.4. The largest absolute Gasteiger partial charge is 0.481 e. The minimum absolute atomic E-state index is 0.00303.